The van der Waals surface area contributed by atoms with Crippen molar-refractivity contribution in [3.05, 3.63) is 69.9 Å². The second-order valence-corrected chi connectivity index (χ2v) is 10.6. The normalized spacial score (nSPS) is 16.1. The molecule has 164 valence electrons. The third kappa shape index (κ3) is 4.90. The lowest BCUT2D eigenvalue weighted by atomic mass is 9.78. The van der Waals surface area contributed by atoms with E-state index >= 15 is 0 Å². The predicted octanol–water partition coefficient (Wildman–Crippen LogP) is 6.46. The van der Waals surface area contributed by atoms with Gasteiger partial charge in [0, 0.05) is 16.7 Å². The van der Waals surface area contributed by atoms with Gasteiger partial charge in [-0.3, -0.25) is 0 Å². The van der Waals surface area contributed by atoms with Crippen LogP contribution in [0.2, 0.25) is 0 Å². The van der Waals surface area contributed by atoms with Crippen molar-refractivity contribution >= 4 is 17.9 Å². The first-order chi connectivity index (χ1) is 14.3. The smallest absolute Gasteiger partial charge is 0.363 e. The molecule has 0 amide bonds. The molecule has 0 spiro atoms. The monoisotopic (exact) mass is 419 g/mol. The van der Waals surface area contributed by atoms with Gasteiger partial charge in [-0.25, -0.2) is 9.79 Å². The first-order valence-corrected chi connectivity index (χ1v) is 10.8. The minimum Gasteiger partial charge on any atom is -0.507 e. The molecule has 1 aliphatic rings. The van der Waals surface area contributed by atoms with E-state index in [1.165, 1.54) is 5.56 Å². The zero-order chi connectivity index (χ0) is 23.1. The van der Waals surface area contributed by atoms with Crippen molar-refractivity contribution in [3.8, 4) is 5.75 Å². The number of aromatic hydroxyl groups is 1. The minimum atomic E-state index is -0.467. The van der Waals surface area contributed by atoms with Crippen molar-refractivity contribution in [1.29, 1.82) is 0 Å². The molecule has 4 nitrogen and oxygen atoms in total. The molecule has 4 heteroatoms. The van der Waals surface area contributed by atoms with Gasteiger partial charge in [0.15, 0.2) is 5.70 Å². The van der Waals surface area contributed by atoms with Crippen molar-refractivity contribution in [2.75, 3.05) is 0 Å². The van der Waals surface area contributed by atoms with E-state index < -0.39 is 5.97 Å². The van der Waals surface area contributed by atoms with E-state index in [2.05, 4.69) is 60.4 Å². The maximum absolute atomic E-state index is 12.5. The molecule has 0 aromatic heterocycles. The SMILES string of the molecule is CC(C)c1ccc(C2=N/C(=C\c3cc(C(C)(C)C)c(O)c(C(C)(C)C)c3)C(=O)O2)cc1. The summed E-state index contributed by atoms with van der Waals surface area (Å²) in [6.45, 7) is 16.6. The highest BCUT2D eigenvalue weighted by Gasteiger charge is 2.28. The van der Waals surface area contributed by atoms with Gasteiger partial charge in [0.1, 0.15) is 5.75 Å². The van der Waals surface area contributed by atoms with Crippen molar-refractivity contribution in [3.63, 3.8) is 0 Å². The Hall–Kier alpha value is -2.88. The van der Waals surface area contributed by atoms with E-state index in [0.717, 1.165) is 22.3 Å². The summed E-state index contributed by atoms with van der Waals surface area (Å²) in [5.74, 6) is 0.592. The average Bonchev–Trinajstić information content (AvgIpc) is 3.01. The first kappa shape index (κ1) is 22.8. The molecular formula is C27H33NO3. The molecule has 0 unspecified atom stereocenters. The zero-order valence-electron chi connectivity index (χ0n) is 19.8. The van der Waals surface area contributed by atoms with Crippen LogP contribution in [0.15, 0.2) is 47.1 Å². The molecule has 0 saturated heterocycles. The number of hydrogen-bond acceptors (Lipinski definition) is 4. The van der Waals surface area contributed by atoms with E-state index in [0.29, 0.717) is 17.6 Å². The maximum atomic E-state index is 12.5. The van der Waals surface area contributed by atoms with Crippen LogP contribution in [-0.2, 0) is 20.4 Å². The molecule has 2 aromatic carbocycles. The molecule has 3 rings (SSSR count). The van der Waals surface area contributed by atoms with Gasteiger partial charge in [-0.1, -0.05) is 67.5 Å². The van der Waals surface area contributed by atoms with Gasteiger partial charge in [-0.15, -0.1) is 0 Å². The largest absolute Gasteiger partial charge is 0.507 e. The Labute approximate surface area is 185 Å². The summed E-state index contributed by atoms with van der Waals surface area (Å²) in [5.41, 5.74) is 4.25. The molecule has 0 atom stereocenters. The number of esters is 1. The van der Waals surface area contributed by atoms with Crippen LogP contribution in [-0.4, -0.2) is 17.0 Å². The third-order valence-corrected chi connectivity index (χ3v) is 5.50. The van der Waals surface area contributed by atoms with Crippen LogP contribution in [0, 0.1) is 0 Å². The zero-order valence-corrected chi connectivity index (χ0v) is 19.8. The highest BCUT2D eigenvalue weighted by Crippen LogP contribution is 2.40. The Morgan fingerprint density at radius 1 is 0.935 bits per heavy atom. The molecule has 0 fully saturated rings. The van der Waals surface area contributed by atoms with E-state index in [4.69, 9.17) is 4.74 Å². The van der Waals surface area contributed by atoms with Crippen molar-refractivity contribution < 1.29 is 14.6 Å². The highest BCUT2D eigenvalue weighted by atomic mass is 16.6. The molecule has 31 heavy (non-hydrogen) atoms. The summed E-state index contributed by atoms with van der Waals surface area (Å²) in [6, 6.07) is 11.8. The summed E-state index contributed by atoms with van der Waals surface area (Å²) >= 11 is 0. The molecule has 0 saturated carbocycles. The highest BCUT2D eigenvalue weighted by molar-refractivity contribution is 6.12. The Balaban J connectivity index is 2.05. The number of phenols is 1. The topological polar surface area (TPSA) is 58.9 Å². The van der Waals surface area contributed by atoms with Gasteiger partial charge < -0.3 is 9.84 Å². The molecule has 1 N–H and O–H groups in total. The lowest BCUT2D eigenvalue weighted by molar-refractivity contribution is -0.129. The molecule has 0 aliphatic carbocycles. The van der Waals surface area contributed by atoms with Gasteiger partial charge in [-0.2, -0.15) is 0 Å². The number of cyclic esters (lactones) is 1. The number of ether oxygens (including phenoxy) is 1. The first-order valence-electron chi connectivity index (χ1n) is 10.8. The van der Waals surface area contributed by atoms with E-state index in [-0.39, 0.29) is 16.5 Å². The van der Waals surface area contributed by atoms with E-state index in [9.17, 15) is 9.90 Å². The van der Waals surface area contributed by atoms with Gasteiger partial charge in [0.05, 0.1) is 0 Å². The number of carbonyl (C=O) groups excluding carboxylic acids is 1. The van der Waals surface area contributed by atoms with Crippen LogP contribution in [0.4, 0.5) is 0 Å². The second-order valence-electron chi connectivity index (χ2n) is 10.6. The number of rotatable bonds is 3. The van der Waals surface area contributed by atoms with Crippen LogP contribution >= 0.6 is 0 Å². The van der Waals surface area contributed by atoms with Crippen LogP contribution in [0.5, 0.6) is 5.75 Å². The average molecular weight is 420 g/mol. The van der Waals surface area contributed by atoms with Crippen LogP contribution < -0.4 is 0 Å². The Bertz CT molecular complexity index is 1020. The summed E-state index contributed by atoms with van der Waals surface area (Å²) in [4.78, 5) is 17.0. The Morgan fingerprint density at radius 2 is 1.45 bits per heavy atom. The van der Waals surface area contributed by atoms with Gasteiger partial charge in [0.2, 0.25) is 5.90 Å². The Morgan fingerprint density at radius 3 is 1.90 bits per heavy atom. The van der Waals surface area contributed by atoms with Gasteiger partial charge in [-0.05, 0) is 58.2 Å². The van der Waals surface area contributed by atoms with Crippen LogP contribution in [0.25, 0.3) is 6.08 Å². The molecule has 2 aromatic rings. The number of aliphatic imine (C=N–C) groups is 1. The third-order valence-electron chi connectivity index (χ3n) is 5.50. The summed E-state index contributed by atoms with van der Waals surface area (Å²) in [5, 5.41) is 10.9. The number of hydrogen-bond donors (Lipinski definition) is 1. The maximum Gasteiger partial charge on any atom is 0.363 e. The van der Waals surface area contributed by atoms with Gasteiger partial charge >= 0.3 is 5.97 Å². The van der Waals surface area contributed by atoms with Gasteiger partial charge in [0.25, 0.3) is 0 Å². The van der Waals surface area contributed by atoms with Crippen LogP contribution in [0.3, 0.4) is 0 Å². The predicted molar refractivity (Wildman–Crippen MR) is 127 cm³/mol. The lowest BCUT2D eigenvalue weighted by Crippen LogP contribution is -2.17. The number of nitrogens with zero attached hydrogens (tertiary/aromatic N) is 1. The summed E-state index contributed by atoms with van der Waals surface area (Å²) in [6.07, 6.45) is 1.74. The van der Waals surface area contributed by atoms with Crippen LogP contribution in [0.1, 0.15) is 89.1 Å². The van der Waals surface area contributed by atoms with E-state index in [1.807, 2.05) is 36.4 Å². The Kier molecular flexibility index (Phi) is 5.88. The minimum absolute atomic E-state index is 0.249. The fourth-order valence-corrected chi connectivity index (χ4v) is 3.58. The number of phenolic OH excluding ortho intramolecular Hbond substituents is 1. The summed E-state index contributed by atoms with van der Waals surface area (Å²) < 4.78 is 5.44. The molecule has 0 radical (unpaired) electrons. The quantitative estimate of drug-likeness (QED) is 0.459. The molecule has 1 aliphatic heterocycles. The number of carbonyl (C=O) groups is 1. The van der Waals surface area contributed by atoms with E-state index in [1.54, 1.807) is 6.08 Å². The molecule has 1 heterocycles. The fraction of sp³-hybridized carbons (Fsp3) is 0.407. The lowest BCUT2D eigenvalue weighted by Gasteiger charge is -2.27. The van der Waals surface area contributed by atoms with Crippen molar-refractivity contribution in [2.24, 2.45) is 4.99 Å². The second kappa shape index (κ2) is 7.99. The number of benzene rings is 2. The molecule has 0 bridgehead atoms. The standard InChI is InChI=1S/C27H33NO3/c1-16(2)18-9-11-19(12-10-18)24-28-22(25(30)31-24)15-17-13-20(26(3,4)5)23(29)21(14-17)27(6,7)8/h9-16,29H,1-8H3/b22-15-. The molecular weight excluding hydrogens is 386 g/mol. The van der Waals surface area contributed by atoms with Crippen molar-refractivity contribution in [2.45, 2.75) is 72.1 Å². The summed E-state index contributed by atoms with van der Waals surface area (Å²) in [7, 11) is 0. The fourth-order valence-electron chi connectivity index (χ4n) is 3.58. The van der Waals surface area contributed by atoms with Crippen molar-refractivity contribution in [1.82, 2.24) is 0 Å².